The molecule has 0 aliphatic heterocycles. The fourth-order valence-corrected chi connectivity index (χ4v) is 4.30. The van der Waals surface area contributed by atoms with Gasteiger partial charge in [0, 0.05) is 6.54 Å². The number of hydrogen-bond donors (Lipinski definition) is 0. The largest absolute Gasteiger partial charge is 0.484 e. The summed E-state index contributed by atoms with van der Waals surface area (Å²) in [6.45, 7) is 5.44. The standard InChI is InChI=1S/C22H26ClN3O2S/c1-15-6-9-17(10-7-15)28-14-19(27)26(13-5-12-25(3)4)22-24-20-16(2)8-11-18(23)21(20)29-22/h6-11H,5,12-14H2,1-4H3. The molecular formula is C22H26ClN3O2S. The van der Waals surface area contributed by atoms with E-state index in [1.807, 2.05) is 64.3 Å². The number of hydrogen-bond acceptors (Lipinski definition) is 5. The summed E-state index contributed by atoms with van der Waals surface area (Å²) in [4.78, 5) is 21.6. The van der Waals surface area contributed by atoms with E-state index >= 15 is 0 Å². The highest BCUT2D eigenvalue weighted by molar-refractivity contribution is 7.23. The number of fused-ring (bicyclic) bond motifs is 1. The SMILES string of the molecule is Cc1ccc(OCC(=O)N(CCCN(C)C)c2nc3c(C)ccc(Cl)c3s2)cc1. The maximum atomic E-state index is 13.0. The van der Waals surface area contributed by atoms with Crippen molar-refractivity contribution in [3.8, 4) is 5.75 Å². The van der Waals surface area contributed by atoms with Gasteiger partial charge in [-0.15, -0.1) is 0 Å². The highest BCUT2D eigenvalue weighted by atomic mass is 35.5. The zero-order chi connectivity index (χ0) is 21.0. The molecule has 1 amide bonds. The normalized spacial score (nSPS) is 11.2. The Kier molecular flexibility index (Phi) is 7.11. The van der Waals surface area contributed by atoms with Crippen molar-refractivity contribution in [1.29, 1.82) is 0 Å². The molecule has 0 unspecified atom stereocenters. The second kappa shape index (κ2) is 9.57. The Bertz CT molecular complexity index is 947. The second-order valence-corrected chi connectivity index (χ2v) is 8.73. The van der Waals surface area contributed by atoms with Gasteiger partial charge in [-0.25, -0.2) is 4.98 Å². The first-order valence-electron chi connectivity index (χ1n) is 9.55. The number of aryl methyl sites for hydroxylation is 2. The minimum absolute atomic E-state index is 0.0341. The van der Waals surface area contributed by atoms with E-state index in [9.17, 15) is 4.79 Å². The van der Waals surface area contributed by atoms with Gasteiger partial charge in [-0.1, -0.05) is 46.7 Å². The van der Waals surface area contributed by atoms with Crippen molar-refractivity contribution in [3.05, 3.63) is 52.5 Å². The Labute approximate surface area is 180 Å². The number of ether oxygens (including phenoxy) is 1. The number of benzene rings is 2. The molecule has 0 saturated carbocycles. The summed E-state index contributed by atoms with van der Waals surface area (Å²) in [5.74, 6) is 0.567. The van der Waals surface area contributed by atoms with Crippen molar-refractivity contribution >= 4 is 44.2 Å². The van der Waals surface area contributed by atoms with Crippen LogP contribution in [0.3, 0.4) is 0 Å². The number of aromatic nitrogens is 1. The number of nitrogens with zero attached hydrogens (tertiary/aromatic N) is 3. The van der Waals surface area contributed by atoms with Crippen LogP contribution >= 0.6 is 22.9 Å². The van der Waals surface area contributed by atoms with E-state index in [1.165, 1.54) is 11.3 Å². The predicted octanol–water partition coefficient (Wildman–Crippen LogP) is 4.93. The quantitative estimate of drug-likeness (QED) is 0.507. The zero-order valence-corrected chi connectivity index (χ0v) is 18.8. The topological polar surface area (TPSA) is 45.7 Å². The van der Waals surface area contributed by atoms with Gasteiger partial charge in [-0.3, -0.25) is 9.69 Å². The maximum Gasteiger partial charge on any atom is 0.266 e. The third-order valence-corrected chi connectivity index (χ3v) is 6.13. The molecule has 0 aliphatic rings. The first-order valence-corrected chi connectivity index (χ1v) is 10.7. The predicted molar refractivity (Wildman–Crippen MR) is 122 cm³/mol. The number of carbonyl (C=O) groups is 1. The number of anilines is 1. The van der Waals surface area contributed by atoms with Gasteiger partial charge in [0.05, 0.1) is 15.2 Å². The van der Waals surface area contributed by atoms with Gasteiger partial charge in [0.1, 0.15) is 5.75 Å². The van der Waals surface area contributed by atoms with Crippen molar-refractivity contribution in [1.82, 2.24) is 9.88 Å². The Balaban J connectivity index is 1.81. The molecule has 1 heterocycles. The molecule has 5 nitrogen and oxygen atoms in total. The van der Waals surface area contributed by atoms with Crippen LogP contribution in [0.15, 0.2) is 36.4 Å². The molecule has 3 rings (SSSR count). The maximum absolute atomic E-state index is 13.0. The van der Waals surface area contributed by atoms with E-state index in [-0.39, 0.29) is 12.5 Å². The average Bonchev–Trinajstić information content (AvgIpc) is 3.14. The van der Waals surface area contributed by atoms with E-state index < -0.39 is 0 Å². The van der Waals surface area contributed by atoms with Gasteiger partial charge >= 0.3 is 0 Å². The van der Waals surface area contributed by atoms with Crippen LogP contribution < -0.4 is 9.64 Å². The number of rotatable bonds is 8. The van der Waals surface area contributed by atoms with Crippen LogP contribution in [0, 0.1) is 13.8 Å². The molecule has 1 aromatic heterocycles. The summed E-state index contributed by atoms with van der Waals surface area (Å²) < 4.78 is 6.63. The second-order valence-electron chi connectivity index (χ2n) is 7.34. The van der Waals surface area contributed by atoms with E-state index in [0.717, 1.165) is 34.3 Å². The van der Waals surface area contributed by atoms with Crippen LogP contribution in [0.25, 0.3) is 10.2 Å². The molecule has 7 heteroatoms. The zero-order valence-electron chi connectivity index (χ0n) is 17.2. The number of halogens is 1. The van der Waals surface area contributed by atoms with Crippen LogP contribution in [-0.4, -0.2) is 49.6 Å². The van der Waals surface area contributed by atoms with Crippen molar-refractivity contribution in [2.75, 3.05) is 38.7 Å². The van der Waals surface area contributed by atoms with Gasteiger partial charge in [-0.05, 0) is 64.7 Å². The van der Waals surface area contributed by atoms with Crippen LogP contribution in [0.5, 0.6) is 5.75 Å². The monoisotopic (exact) mass is 431 g/mol. The molecule has 0 atom stereocenters. The van der Waals surface area contributed by atoms with Crippen molar-refractivity contribution in [2.24, 2.45) is 0 Å². The number of amides is 1. The molecule has 154 valence electrons. The van der Waals surface area contributed by atoms with Crippen LogP contribution in [-0.2, 0) is 4.79 Å². The van der Waals surface area contributed by atoms with Gasteiger partial charge in [-0.2, -0.15) is 0 Å². The van der Waals surface area contributed by atoms with Crippen LogP contribution in [0.4, 0.5) is 5.13 Å². The molecule has 0 fully saturated rings. The number of carbonyl (C=O) groups excluding carboxylic acids is 1. The molecule has 0 saturated heterocycles. The first kappa shape index (κ1) is 21.6. The lowest BCUT2D eigenvalue weighted by Crippen LogP contribution is -2.36. The summed E-state index contributed by atoms with van der Waals surface area (Å²) in [5, 5.41) is 1.32. The molecule has 29 heavy (non-hydrogen) atoms. The molecule has 0 radical (unpaired) electrons. The summed E-state index contributed by atoms with van der Waals surface area (Å²) >= 11 is 7.81. The van der Waals surface area contributed by atoms with Gasteiger partial charge in [0.2, 0.25) is 0 Å². The lowest BCUT2D eigenvalue weighted by molar-refractivity contribution is -0.120. The Hall–Kier alpha value is -2.15. The minimum Gasteiger partial charge on any atom is -0.484 e. The molecule has 2 aromatic carbocycles. The van der Waals surface area contributed by atoms with Crippen molar-refractivity contribution < 1.29 is 9.53 Å². The highest BCUT2D eigenvalue weighted by Crippen LogP contribution is 2.35. The lowest BCUT2D eigenvalue weighted by atomic mass is 10.2. The smallest absolute Gasteiger partial charge is 0.266 e. The van der Waals surface area contributed by atoms with Crippen LogP contribution in [0.1, 0.15) is 17.5 Å². The molecule has 3 aromatic rings. The summed E-state index contributed by atoms with van der Waals surface area (Å²) in [6, 6.07) is 11.5. The Morgan fingerprint density at radius 1 is 1.10 bits per heavy atom. The summed E-state index contributed by atoms with van der Waals surface area (Å²) in [5.41, 5.74) is 3.04. The Morgan fingerprint density at radius 2 is 1.83 bits per heavy atom. The summed E-state index contributed by atoms with van der Waals surface area (Å²) in [6.07, 6.45) is 0.839. The minimum atomic E-state index is -0.114. The average molecular weight is 432 g/mol. The van der Waals surface area contributed by atoms with Crippen LogP contribution in [0.2, 0.25) is 5.02 Å². The van der Waals surface area contributed by atoms with E-state index in [0.29, 0.717) is 22.4 Å². The van der Waals surface area contributed by atoms with E-state index in [2.05, 4.69) is 4.90 Å². The first-order chi connectivity index (χ1) is 13.8. The third kappa shape index (κ3) is 5.47. The molecule has 0 bridgehead atoms. The van der Waals surface area contributed by atoms with E-state index in [4.69, 9.17) is 21.3 Å². The van der Waals surface area contributed by atoms with Gasteiger partial charge in [0.25, 0.3) is 5.91 Å². The molecular weight excluding hydrogens is 406 g/mol. The van der Waals surface area contributed by atoms with Gasteiger partial charge in [0.15, 0.2) is 11.7 Å². The fraction of sp³-hybridized carbons (Fsp3) is 0.364. The fourth-order valence-electron chi connectivity index (χ4n) is 2.94. The summed E-state index contributed by atoms with van der Waals surface area (Å²) in [7, 11) is 4.04. The number of thiazole rings is 1. The van der Waals surface area contributed by atoms with Gasteiger partial charge < -0.3 is 9.64 Å². The third-order valence-electron chi connectivity index (χ3n) is 4.59. The van der Waals surface area contributed by atoms with E-state index in [1.54, 1.807) is 4.90 Å². The molecule has 0 aliphatic carbocycles. The molecule has 0 spiro atoms. The Morgan fingerprint density at radius 3 is 2.48 bits per heavy atom. The highest BCUT2D eigenvalue weighted by Gasteiger charge is 2.21. The van der Waals surface area contributed by atoms with Crippen molar-refractivity contribution in [2.45, 2.75) is 20.3 Å². The lowest BCUT2D eigenvalue weighted by Gasteiger charge is -2.21. The van der Waals surface area contributed by atoms with Crippen molar-refractivity contribution in [3.63, 3.8) is 0 Å². The molecule has 0 N–H and O–H groups in total.